The van der Waals surface area contributed by atoms with Crippen molar-refractivity contribution in [1.29, 1.82) is 0 Å². The van der Waals surface area contributed by atoms with Crippen LogP contribution in [0.15, 0.2) is 48.8 Å². The third kappa shape index (κ3) is 3.89. The average Bonchev–Trinajstić information content (AvgIpc) is 3.02. The smallest absolute Gasteiger partial charge is 0.311 e. The first-order valence-corrected chi connectivity index (χ1v) is 8.67. The third-order valence-electron chi connectivity index (χ3n) is 4.22. The Morgan fingerprint density at radius 3 is 2.26 bits per heavy atom. The zero-order valence-electron chi connectivity index (χ0n) is 15.9. The molecule has 1 aromatic carbocycles. The van der Waals surface area contributed by atoms with Gasteiger partial charge in [-0.25, -0.2) is 4.39 Å². The summed E-state index contributed by atoms with van der Waals surface area (Å²) >= 11 is 0. The molecule has 0 fully saturated rings. The molecule has 2 heterocycles. The lowest BCUT2D eigenvalue weighted by Crippen LogP contribution is -2.24. The van der Waals surface area contributed by atoms with Gasteiger partial charge in [0.1, 0.15) is 5.82 Å². The summed E-state index contributed by atoms with van der Waals surface area (Å²) in [5.41, 5.74) is 3.62. The fourth-order valence-corrected chi connectivity index (χ4v) is 2.98. The van der Waals surface area contributed by atoms with Gasteiger partial charge in [0, 0.05) is 23.5 Å². The largest absolute Gasteiger partial charge is 0.469 e. The fourth-order valence-electron chi connectivity index (χ4n) is 2.98. The van der Waals surface area contributed by atoms with Crippen molar-refractivity contribution in [2.75, 3.05) is 7.11 Å². The van der Waals surface area contributed by atoms with Gasteiger partial charge in [-0.1, -0.05) is 0 Å². The molecule has 0 saturated heterocycles. The molecule has 2 aromatic heterocycles. The van der Waals surface area contributed by atoms with Gasteiger partial charge in [0.05, 0.1) is 30.5 Å². The number of ether oxygens (including phenoxy) is 1. The van der Waals surface area contributed by atoms with Crippen LogP contribution in [0.25, 0.3) is 22.4 Å². The molecular weight excluding hydrogens is 345 g/mol. The summed E-state index contributed by atoms with van der Waals surface area (Å²) in [6.45, 7) is 6.10. The van der Waals surface area contributed by atoms with Crippen LogP contribution in [0.1, 0.15) is 26.5 Å². The molecule has 140 valence electrons. The van der Waals surface area contributed by atoms with E-state index in [-0.39, 0.29) is 23.7 Å². The van der Waals surface area contributed by atoms with Crippen LogP contribution in [0.3, 0.4) is 0 Å². The molecule has 0 N–H and O–H groups in total. The number of pyridine rings is 1. The highest BCUT2D eigenvalue weighted by molar-refractivity contribution is 5.86. The average molecular weight is 367 g/mol. The van der Waals surface area contributed by atoms with E-state index in [4.69, 9.17) is 9.84 Å². The van der Waals surface area contributed by atoms with Gasteiger partial charge in [0.15, 0.2) is 0 Å². The molecule has 3 rings (SSSR count). The number of nitrogens with zero attached hydrogens (tertiary/aromatic N) is 3. The van der Waals surface area contributed by atoms with Gasteiger partial charge in [-0.2, -0.15) is 5.10 Å². The Hall–Kier alpha value is -3.02. The van der Waals surface area contributed by atoms with Crippen molar-refractivity contribution in [3.8, 4) is 22.4 Å². The number of methoxy groups -OCH3 is 1. The quantitative estimate of drug-likeness (QED) is 0.648. The summed E-state index contributed by atoms with van der Waals surface area (Å²) in [5.74, 6) is -0.671. The van der Waals surface area contributed by atoms with Crippen LogP contribution in [-0.4, -0.2) is 27.8 Å². The highest BCUT2D eigenvalue weighted by atomic mass is 19.1. The van der Waals surface area contributed by atoms with E-state index in [1.165, 1.54) is 19.2 Å². The highest BCUT2D eigenvalue weighted by Gasteiger charge is 2.28. The Morgan fingerprint density at radius 1 is 1.07 bits per heavy atom. The molecule has 6 heteroatoms. The van der Waals surface area contributed by atoms with Gasteiger partial charge in [-0.15, -0.1) is 0 Å². The first-order valence-electron chi connectivity index (χ1n) is 8.67. The van der Waals surface area contributed by atoms with Crippen LogP contribution in [0.4, 0.5) is 4.39 Å². The van der Waals surface area contributed by atoms with Gasteiger partial charge in [0.2, 0.25) is 0 Å². The minimum Gasteiger partial charge on any atom is -0.469 e. The second-order valence-electron chi connectivity index (χ2n) is 7.25. The number of hydrogen-bond acceptors (Lipinski definition) is 4. The predicted molar refractivity (Wildman–Crippen MR) is 102 cm³/mol. The number of hydrogen-bond donors (Lipinski definition) is 0. The Kier molecular flexibility index (Phi) is 5.08. The van der Waals surface area contributed by atoms with Crippen LogP contribution in [0.2, 0.25) is 0 Å². The molecular formula is C21H22FN3O2. The first kappa shape index (κ1) is 18.8. The van der Waals surface area contributed by atoms with Crippen molar-refractivity contribution >= 4 is 5.97 Å². The van der Waals surface area contributed by atoms with E-state index in [1.54, 1.807) is 24.5 Å². The molecule has 5 nitrogen and oxygen atoms in total. The van der Waals surface area contributed by atoms with Crippen LogP contribution < -0.4 is 0 Å². The van der Waals surface area contributed by atoms with Crippen molar-refractivity contribution < 1.29 is 13.9 Å². The molecule has 0 spiro atoms. The second-order valence-corrected chi connectivity index (χ2v) is 7.25. The van der Waals surface area contributed by atoms with Crippen molar-refractivity contribution in [1.82, 2.24) is 14.8 Å². The van der Waals surface area contributed by atoms with Gasteiger partial charge in [-0.05, 0) is 62.7 Å². The number of carbonyl (C=O) groups is 1. The SMILES string of the molecule is COC(=O)Cc1nn(C(C)(C)C)c(-c2ccc(F)cc2)c1-c1ccncc1. The third-order valence-corrected chi connectivity index (χ3v) is 4.22. The van der Waals surface area contributed by atoms with E-state index in [2.05, 4.69) is 4.98 Å². The molecule has 0 atom stereocenters. The number of rotatable bonds is 4. The van der Waals surface area contributed by atoms with Crippen molar-refractivity contribution in [3.63, 3.8) is 0 Å². The van der Waals surface area contributed by atoms with Crippen molar-refractivity contribution in [3.05, 3.63) is 60.3 Å². The molecule has 0 radical (unpaired) electrons. The topological polar surface area (TPSA) is 57.0 Å². The highest BCUT2D eigenvalue weighted by Crippen LogP contribution is 2.38. The van der Waals surface area contributed by atoms with E-state index in [0.717, 1.165) is 22.4 Å². The number of aromatic nitrogens is 3. The maximum absolute atomic E-state index is 13.5. The number of halogens is 1. The van der Waals surface area contributed by atoms with Crippen molar-refractivity contribution in [2.45, 2.75) is 32.7 Å². The van der Waals surface area contributed by atoms with Gasteiger partial charge >= 0.3 is 5.97 Å². The Bertz CT molecular complexity index is 942. The van der Waals surface area contributed by atoms with E-state index in [1.807, 2.05) is 37.6 Å². The summed E-state index contributed by atoms with van der Waals surface area (Å²) in [6.07, 6.45) is 3.44. The summed E-state index contributed by atoms with van der Waals surface area (Å²) in [7, 11) is 1.36. The van der Waals surface area contributed by atoms with Crippen LogP contribution in [0, 0.1) is 5.82 Å². The van der Waals surface area contributed by atoms with E-state index in [0.29, 0.717) is 5.69 Å². The lowest BCUT2D eigenvalue weighted by Gasteiger charge is -2.23. The number of benzene rings is 1. The summed E-state index contributed by atoms with van der Waals surface area (Å²) in [5, 5.41) is 4.75. The van der Waals surface area contributed by atoms with Gasteiger partial charge in [0.25, 0.3) is 0 Å². The molecule has 27 heavy (non-hydrogen) atoms. The monoisotopic (exact) mass is 367 g/mol. The Morgan fingerprint density at radius 2 is 1.70 bits per heavy atom. The van der Waals surface area contributed by atoms with Crippen LogP contribution in [-0.2, 0) is 21.5 Å². The maximum atomic E-state index is 13.5. The minimum absolute atomic E-state index is 0.0471. The van der Waals surface area contributed by atoms with Gasteiger partial charge < -0.3 is 4.74 Å². The van der Waals surface area contributed by atoms with E-state index >= 15 is 0 Å². The summed E-state index contributed by atoms with van der Waals surface area (Å²) < 4.78 is 20.2. The maximum Gasteiger partial charge on any atom is 0.311 e. The zero-order chi connectivity index (χ0) is 19.6. The van der Waals surface area contributed by atoms with Crippen LogP contribution in [0.5, 0.6) is 0 Å². The standard InChI is InChI=1S/C21H22FN3O2/c1-21(2,3)25-20(15-5-7-16(22)8-6-15)19(14-9-11-23-12-10-14)17(24-25)13-18(26)27-4/h5-12H,13H2,1-4H3. The molecule has 0 saturated carbocycles. The van der Waals surface area contributed by atoms with Crippen molar-refractivity contribution in [2.24, 2.45) is 0 Å². The first-order chi connectivity index (χ1) is 12.8. The summed E-state index contributed by atoms with van der Waals surface area (Å²) in [6, 6.07) is 10.0. The molecule has 0 aliphatic rings. The van der Waals surface area contributed by atoms with E-state index < -0.39 is 0 Å². The molecule has 0 unspecified atom stereocenters. The lowest BCUT2D eigenvalue weighted by molar-refractivity contribution is -0.139. The predicted octanol–water partition coefficient (Wildman–Crippen LogP) is 4.22. The summed E-state index contributed by atoms with van der Waals surface area (Å²) in [4.78, 5) is 16.1. The Labute approximate surface area is 157 Å². The molecule has 3 aromatic rings. The minimum atomic E-state index is -0.366. The molecule has 0 aliphatic heterocycles. The Balaban J connectivity index is 2.33. The molecule has 0 aliphatic carbocycles. The number of carbonyl (C=O) groups excluding carboxylic acids is 1. The number of esters is 1. The molecule has 0 bridgehead atoms. The van der Waals surface area contributed by atoms with Gasteiger partial charge in [-0.3, -0.25) is 14.5 Å². The lowest BCUT2D eigenvalue weighted by atomic mass is 9.97. The second kappa shape index (κ2) is 7.31. The van der Waals surface area contributed by atoms with Crippen LogP contribution >= 0.6 is 0 Å². The van der Waals surface area contributed by atoms with E-state index in [9.17, 15) is 9.18 Å². The zero-order valence-corrected chi connectivity index (χ0v) is 15.9. The normalized spacial score (nSPS) is 11.4. The fraction of sp³-hybridized carbons (Fsp3) is 0.286. The molecule has 0 amide bonds.